The van der Waals surface area contributed by atoms with Crippen molar-refractivity contribution in [2.45, 2.75) is 12.5 Å². The first-order valence-corrected chi connectivity index (χ1v) is 8.14. The van der Waals surface area contributed by atoms with Gasteiger partial charge in [-0.05, 0) is 28.8 Å². The van der Waals surface area contributed by atoms with Crippen molar-refractivity contribution in [2.75, 3.05) is 5.32 Å². The normalized spacial score (nSPS) is 11.6. The van der Waals surface area contributed by atoms with E-state index in [0.717, 1.165) is 23.4 Å². The van der Waals surface area contributed by atoms with E-state index >= 15 is 0 Å². The number of carbonyl (C=O) groups excluding carboxylic acids is 1. The summed E-state index contributed by atoms with van der Waals surface area (Å²) in [7, 11) is 0. The summed E-state index contributed by atoms with van der Waals surface area (Å²) in [6.45, 7) is 0.736. The van der Waals surface area contributed by atoms with Crippen LogP contribution in [0.25, 0.3) is 0 Å². The molecular weight excluding hydrogens is 312 g/mol. The molecule has 0 aliphatic carbocycles. The third kappa shape index (κ3) is 4.25. The fourth-order valence-corrected chi connectivity index (χ4v) is 2.80. The molecule has 1 amide bonds. The molecule has 4 nitrogen and oxygen atoms in total. The third-order valence-corrected chi connectivity index (χ3v) is 4.09. The van der Waals surface area contributed by atoms with E-state index in [1.54, 1.807) is 5.48 Å². The smallest absolute Gasteiger partial charge is 0.255 e. The van der Waals surface area contributed by atoms with Crippen molar-refractivity contribution in [1.29, 1.82) is 0 Å². The highest BCUT2D eigenvalue weighted by atomic mass is 16.5. The Bertz CT molecular complexity index is 802. The third-order valence-electron chi connectivity index (χ3n) is 4.09. The monoisotopic (exact) mass is 332 g/mol. The van der Waals surface area contributed by atoms with Crippen LogP contribution in [-0.2, 0) is 11.3 Å². The minimum absolute atomic E-state index is 0.448. The van der Waals surface area contributed by atoms with Crippen LogP contribution < -0.4 is 10.8 Å². The SMILES string of the molecule is O=C(NO)C(c1ccccc1)c1ccc(NCc2ccccc2)cc1. The molecule has 0 bridgehead atoms. The Morgan fingerprint density at radius 1 is 0.800 bits per heavy atom. The molecule has 3 N–H and O–H groups in total. The van der Waals surface area contributed by atoms with Gasteiger partial charge in [-0.25, -0.2) is 5.48 Å². The van der Waals surface area contributed by atoms with E-state index in [4.69, 9.17) is 5.21 Å². The molecule has 0 aromatic heterocycles. The summed E-state index contributed by atoms with van der Waals surface area (Å²) in [5, 5.41) is 12.4. The van der Waals surface area contributed by atoms with Crippen molar-refractivity contribution in [3.8, 4) is 0 Å². The summed E-state index contributed by atoms with van der Waals surface area (Å²) in [6.07, 6.45) is 0. The van der Waals surface area contributed by atoms with Crippen LogP contribution in [0.4, 0.5) is 5.69 Å². The summed E-state index contributed by atoms with van der Waals surface area (Å²) in [5.74, 6) is -0.995. The van der Waals surface area contributed by atoms with Crippen molar-refractivity contribution in [2.24, 2.45) is 0 Å². The second-order valence-electron chi connectivity index (χ2n) is 5.78. The minimum Gasteiger partial charge on any atom is -0.381 e. The van der Waals surface area contributed by atoms with Gasteiger partial charge in [-0.15, -0.1) is 0 Å². The molecule has 0 saturated heterocycles. The predicted octanol–water partition coefficient (Wildman–Crippen LogP) is 3.94. The van der Waals surface area contributed by atoms with Gasteiger partial charge in [0.1, 0.15) is 0 Å². The van der Waals surface area contributed by atoms with Crippen molar-refractivity contribution in [1.82, 2.24) is 5.48 Å². The van der Waals surface area contributed by atoms with Crippen molar-refractivity contribution < 1.29 is 10.0 Å². The number of rotatable bonds is 6. The van der Waals surface area contributed by atoms with Gasteiger partial charge in [0.25, 0.3) is 5.91 Å². The molecule has 1 unspecified atom stereocenters. The molecule has 126 valence electrons. The Hall–Kier alpha value is -3.11. The molecule has 0 aliphatic rings. The van der Waals surface area contributed by atoms with Gasteiger partial charge in [-0.2, -0.15) is 0 Å². The van der Waals surface area contributed by atoms with Gasteiger partial charge < -0.3 is 5.32 Å². The van der Waals surface area contributed by atoms with Gasteiger partial charge in [-0.1, -0.05) is 72.8 Å². The van der Waals surface area contributed by atoms with Gasteiger partial charge in [0, 0.05) is 12.2 Å². The maximum absolute atomic E-state index is 12.1. The second-order valence-corrected chi connectivity index (χ2v) is 5.78. The Morgan fingerprint density at radius 3 is 1.96 bits per heavy atom. The highest BCUT2D eigenvalue weighted by Crippen LogP contribution is 2.26. The average molecular weight is 332 g/mol. The number of carbonyl (C=O) groups is 1. The van der Waals surface area contributed by atoms with Crippen LogP contribution in [0.3, 0.4) is 0 Å². The first kappa shape index (κ1) is 16.7. The molecule has 0 fully saturated rings. The number of hydrogen-bond donors (Lipinski definition) is 3. The standard InChI is InChI=1S/C21H20N2O2/c24-21(23-25)20(17-9-5-2-6-10-17)18-11-13-19(14-12-18)22-15-16-7-3-1-4-8-16/h1-14,20,22,25H,15H2,(H,23,24). The van der Waals surface area contributed by atoms with Gasteiger partial charge in [0.2, 0.25) is 0 Å². The Morgan fingerprint density at radius 2 is 1.36 bits per heavy atom. The fraction of sp³-hybridized carbons (Fsp3) is 0.0952. The van der Waals surface area contributed by atoms with Gasteiger partial charge >= 0.3 is 0 Å². The minimum atomic E-state index is -0.547. The van der Waals surface area contributed by atoms with Crippen LogP contribution in [0.1, 0.15) is 22.6 Å². The van der Waals surface area contributed by atoms with Gasteiger partial charge in [-0.3, -0.25) is 10.0 Å². The maximum Gasteiger partial charge on any atom is 0.255 e. The Balaban J connectivity index is 1.76. The zero-order chi connectivity index (χ0) is 17.5. The molecule has 25 heavy (non-hydrogen) atoms. The summed E-state index contributed by atoms with van der Waals surface area (Å²) in [6, 6.07) is 27.3. The van der Waals surface area contributed by atoms with Gasteiger partial charge in [0.15, 0.2) is 0 Å². The van der Waals surface area contributed by atoms with Crippen LogP contribution in [-0.4, -0.2) is 11.1 Å². The maximum atomic E-state index is 12.1. The van der Waals surface area contributed by atoms with Crippen LogP contribution in [0.15, 0.2) is 84.9 Å². The lowest BCUT2D eigenvalue weighted by Gasteiger charge is -2.16. The van der Waals surface area contributed by atoms with Crippen LogP contribution in [0.5, 0.6) is 0 Å². The zero-order valence-electron chi connectivity index (χ0n) is 13.7. The van der Waals surface area contributed by atoms with Crippen molar-refractivity contribution >= 4 is 11.6 Å². The molecule has 3 aromatic rings. The molecule has 0 radical (unpaired) electrons. The van der Waals surface area contributed by atoms with E-state index in [1.165, 1.54) is 5.56 Å². The number of hydroxylamine groups is 1. The summed E-state index contributed by atoms with van der Waals surface area (Å²) in [5.41, 5.74) is 5.60. The number of amides is 1. The first-order chi connectivity index (χ1) is 12.3. The van der Waals surface area contributed by atoms with Crippen molar-refractivity contribution in [3.05, 3.63) is 102 Å². The number of benzene rings is 3. The Labute approximate surface area is 147 Å². The average Bonchev–Trinajstić information content (AvgIpc) is 2.69. The number of nitrogens with one attached hydrogen (secondary N) is 2. The summed E-state index contributed by atoms with van der Waals surface area (Å²) < 4.78 is 0. The predicted molar refractivity (Wildman–Crippen MR) is 98.4 cm³/mol. The molecule has 4 heteroatoms. The fourth-order valence-electron chi connectivity index (χ4n) is 2.80. The largest absolute Gasteiger partial charge is 0.381 e. The van der Waals surface area contributed by atoms with Gasteiger partial charge in [0.05, 0.1) is 5.92 Å². The van der Waals surface area contributed by atoms with Crippen LogP contribution in [0, 0.1) is 0 Å². The van der Waals surface area contributed by atoms with Crippen molar-refractivity contribution in [3.63, 3.8) is 0 Å². The Kier molecular flexibility index (Phi) is 5.44. The highest BCUT2D eigenvalue weighted by molar-refractivity contribution is 5.86. The van der Waals surface area contributed by atoms with E-state index < -0.39 is 11.8 Å². The topological polar surface area (TPSA) is 61.4 Å². The lowest BCUT2D eigenvalue weighted by atomic mass is 9.90. The molecule has 1 atom stereocenters. The van der Waals surface area contributed by atoms with E-state index in [9.17, 15) is 4.79 Å². The molecule has 0 spiro atoms. The van der Waals surface area contributed by atoms with E-state index in [2.05, 4.69) is 17.4 Å². The summed E-state index contributed by atoms with van der Waals surface area (Å²) >= 11 is 0. The molecule has 0 heterocycles. The zero-order valence-corrected chi connectivity index (χ0v) is 13.7. The van der Waals surface area contributed by atoms with E-state index in [1.807, 2.05) is 72.8 Å². The lowest BCUT2D eigenvalue weighted by Crippen LogP contribution is -2.27. The van der Waals surface area contributed by atoms with E-state index in [-0.39, 0.29) is 0 Å². The lowest BCUT2D eigenvalue weighted by molar-refractivity contribution is -0.129. The number of hydrogen-bond acceptors (Lipinski definition) is 3. The second kappa shape index (κ2) is 8.13. The number of anilines is 1. The molecule has 0 aliphatic heterocycles. The van der Waals surface area contributed by atoms with Crippen LogP contribution >= 0.6 is 0 Å². The molecule has 3 rings (SSSR count). The molecule has 3 aromatic carbocycles. The van der Waals surface area contributed by atoms with E-state index in [0.29, 0.717) is 0 Å². The molecule has 0 saturated carbocycles. The first-order valence-electron chi connectivity index (χ1n) is 8.14. The van der Waals surface area contributed by atoms with Crippen LogP contribution in [0.2, 0.25) is 0 Å². The quantitative estimate of drug-likeness (QED) is 0.473. The molecular formula is C21H20N2O2. The highest BCUT2D eigenvalue weighted by Gasteiger charge is 2.22. The summed E-state index contributed by atoms with van der Waals surface area (Å²) in [4.78, 5) is 12.1.